The molecule has 3 nitrogen and oxygen atoms in total. The molecule has 1 amide bonds. The van der Waals surface area contributed by atoms with E-state index in [1.54, 1.807) is 18.2 Å². The zero-order valence-corrected chi connectivity index (χ0v) is 13.1. The summed E-state index contributed by atoms with van der Waals surface area (Å²) < 4.78 is 40.8. The van der Waals surface area contributed by atoms with E-state index in [-0.39, 0.29) is 26.1 Å². The summed E-state index contributed by atoms with van der Waals surface area (Å²) in [4.78, 5) is 13.5. The first-order valence-corrected chi connectivity index (χ1v) is 7.33. The molecule has 0 aromatic heterocycles. The number of benzene rings is 1. The van der Waals surface area contributed by atoms with Gasteiger partial charge in [-0.15, -0.1) is 0 Å². The molecule has 7 heteroatoms. The summed E-state index contributed by atoms with van der Waals surface area (Å²) in [5, 5.41) is 2.65. The monoisotopic (exact) mass is 364 g/mol. The van der Waals surface area contributed by atoms with Crippen LogP contribution in [-0.2, 0) is 11.3 Å². The zero-order chi connectivity index (χ0) is 15.7. The maximum Gasteiger partial charge on any atom is 0.404 e. The lowest BCUT2D eigenvalue weighted by Gasteiger charge is -2.33. The largest absolute Gasteiger partial charge is 0.404 e. The average Bonchev–Trinajstić information content (AvgIpc) is 2.87. The molecule has 0 radical (unpaired) electrons. The van der Waals surface area contributed by atoms with Crippen LogP contribution in [0, 0.1) is 5.41 Å². The number of nitrogens with one attached hydrogen (secondary N) is 1. The van der Waals surface area contributed by atoms with Crippen molar-refractivity contribution in [2.45, 2.75) is 19.1 Å². The molecule has 1 aliphatic heterocycles. The lowest BCUT2D eigenvalue weighted by atomic mass is 9.84. The van der Waals surface area contributed by atoms with Crippen molar-refractivity contribution in [2.24, 2.45) is 5.41 Å². The van der Waals surface area contributed by atoms with Gasteiger partial charge in [-0.2, -0.15) is 13.2 Å². The number of rotatable bonds is 3. The third-order valence-electron chi connectivity index (χ3n) is 3.76. The summed E-state index contributed by atoms with van der Waals surface area (Å²) in [6, 6.07) is 7.18. The van der Waals surface area contributed by atoms with Crippen molar-refractivity contribution in [3.8, 4) is 0 Å². The third kappa shape index (κ3) is 3.23. The van der Waals surface area contributed by atoms with E-state index >= 15 is 0 Å². The molecule has 1 aliphatic rings. The minimum Gasteiger partial charge on any atom is -0.341 e. The Morgan fingerprint density at radius 3 is 2.71 bits per heavy atom. The average molecular weight is 365 g/mol. The highest BCUT2D eigenvalue weighted by Crippen LogP contribution is 2.44. The van der Waals surface area contributed by atoms with Crippen molar-refractivity contribution in [1.82, 2.24) is 10.2 Å². The SMILES string of the molecule is CN(Cc1cccc(Br)c1)C(=O)C1(C(F)(F)F)CCNC1. The van der Waals surface area contributed by atoms with Crippen LogP contribution in [0.15, 0.2) is 28.7 Å². The zero-order valence-electron chi connectivity index (χ0n) is 11.5. The quantitative estimate of drug-likeness (QED) is 0.894. The van der Waals surface area contributed by atoms with Gasteiger partial charge in [-0.1, -0.05) is 28.1 Å². The summed E-state index contributed by atoms with van der Waals surface area (Å²) >= 11 is 3.30. The Morgan fingerprint density at radius 2 is 2.19 bits per heavy atom. The molecular weight excluding hydrogens is 349 g/mol. The standard InChI is InChI=1S/C14H16BrF3N2O/c1-20(8-10-3-2-4-11(15)7-10)12(21)13(14(16,17)18)5-6-19-9-13/h2-4,7,19H,5-6,8-9H2,1H3. The number of hydrogen-bond acceptors (Lipinski definition) is 2. The van der Waals surface area contributed by atoms with E-state index in [9.17, 15) is 18.0 Å². The molecule has 0 saturated carbocycles. The van der Waals surface area contributed by atoms with Crippen LogP contribution in [0.25, 0.3) is 0 Å². The van der Waals surface area contributed by atoms with Crippen molar-refractivity contribution in [3.63, 3.8) is 0 Å². The van der Waals surface area contributed by atoms with Gasteiger partial charge in [0.05, 0.1) is 0 Å². The lowest BCUT2D eigenvalue weighted by Crippen LogP contribution is -2.52. The fourth-order valence-corrected chi connectivity index (χ4v) is 3.03. The first-order valence-electron chi connectivity index (χ1n) is 6.54. The molecule has 0 bridgehead atoms. The van der Waals surface area contributed by atoms with Crippen molar-refractivity contribution in [1.29, 1.82) is 0 Å². The molecule has 1 fully saturated rings. The van der Waals surface area contributed by atoms with Gasteiger partial charge in [0.15, 0.2) is 5.41 Å². The Hall–Kier alpha value is -1.08. The summed E-state index contributed by atoms with van der Waals surface area (Å²) in [6.07, 6.45) is -4.75. The molecule has 2 rings (SSSR count). The maximum absolute atomic E-state index is 13.3. The fraction of sp³-hybridized carbons (Fsp3) is 0.500. The van der Waals surface area contributed by atoms with Crippen LogP contribution < -0.4 is 5.32 Å². The highest BCUT2D eigenvalue weighted by Gasteiger charge is 2.62. The molecular formula is C14H16BrF3N2O. The highest BCUT2D eigenvalue weighted by molar-refractivity contribution is 9.10. The minimum absolute atomic E-state index is 0.149. The summed E-state index contributed by atoms with van der Waals surface area (Å²) in [7, 11) is 1.41. The normalized spacial score (nSPS) is 22.3. The number of carbonyl (C=O) groups is 1. The Morgan fingerprint density at radius 1 is 1.48 bits per heavy atom. The molecule has 0 spiro atoms. The van der Waals surface area contributed by atoms with E-state index in [1.165, 1.54) is 7.05 Å². The first-order chi connectivity index (χ1) is 9.76. The second-order valence-electron chi connectivity index (χ2n) is 5.30. The molecule has 1 aromatic carbocycles. The van der Waals surface area contributed by atoms with Gasteiger partial charge in [0.1, 0.15) is 0 Å². The number of alkyl halides is 3. The van der Waals surface area contributed by atoms with E-state index in [0.29, 0.717) is 0 Å². The molecule has 1 atom stereocenters. The number of nitrogens with zero attached hydrogens (tertiary/aromatic N) is 1. The van der Waals surface area contributed by atoms with Crippen LogP contribution >= 0.6 is 15.9 Å². The van der Waals surface area contributed by atoms with Gasteiger partial charge in [-0.05, 0) is 30.7 Å². The number of hydrogen-bond donors (Lipinski definition) is 1. The Balaban J connectivity index is 2.18. The van der Waals surface area contributed by atoms with E-state index in [1.807, 2.05) is 6.07 Å². The first kappa shape index (κ1) is 16.3. The summed E-state index contributed by atoms with van der Waals surface area (Å²) in [6.45, 7) is 0.00420. The second kappa shape index (κ2) is 5.96. The van der Waals surface area contributed by atoms with Crippen LogP contribution in [-0.4, -0.2) is 37.1 Å². The second-order valence-corrected chi connectivity index (χ2v) is 6.21. The Labute approximate surface area is 129 Å². The van der Waals surface area contributed by atoms with Gasteiger partial charge < -0.3 is 10.2 Å². The van der Waals surface area contributed by atoms with Crippen LogP contribution in [0.2, 0.25) is 0 Å². The molecule has 1 unspecified atom stereocenters. The van der Waals surface area contributed by atoms with Gasteiger partial charge in [-0.3, -0.25) is 4.79 Å². The Kier molecular flexibility index (Phi) is 4.63. The van der Waals surface area contributed by atoms with Crippen molar-refractivity contribution in [2.75, 3.05) is 20.1 Å². The van der Waals surface area contributed by atoms with E-state index in [0.717, 1.165) is 14.9 Å². The van der Waals surface area contributed by atoms with Crippen molar-refractivity contribution in [3.05, 3.63) is 34.3 Å². The van der Waals surface area contributed by atoms with Gasteiger partial charge in [0.2, 0.25) is 5.91 Å². The molecule has 116 valence electrons. The van der Waals surface area contributed by atoms with Crippen molar-refractivity contribution >= 4 is 21.8 Å². The number of amides is 1. The lowest BCUT2D eigenvalue weighted by molar-refractivity contribution is -0.221. The van der Waals surface area contributed by atoms with Gasteiger partial charge in [-0.25, -0.2) is 0 Å². The molecule has 1 heterocycles. The molecule has 1 N–H and O–H groups in total. The van der Waals surface area contributed by atoms with Crippen LogP contribution in [0.4, 0.5) is 13.2 Å². The maximum atomic E-state index is 13.3. The van der Waals surface area contributed by atoms with E-state index in [4.69, 9.17) is 0 Å². The molecule has 21 heavy (non-hydrogen) atoms. The predicted octanol–water partition coefficient (Wildman–Crippen LogP) is 2.95. The summed E-state index contributed by atoms with van der Waals surface area (Å²) in [5.74, 6) is -0.875. The Bertz CT molecular complexity index is 527. The summed E-state index contributed by atoms with van der Waals surface area (Å²) in [5.41, 5.74) is -1.52. The highest BCUT2D eigenvalue weighted by atomic mass is 79.9. The van der Waals surface area contributed by atoms with Crippen LogP contribution in [0.1, 0.15) is 12.0 Å². The van der Waals surface area contributed by atoms with Crippen LogP contribution in [0.5, 0.6) is 0 Å². The number of carbonyl (C=O) groups excluding carboxylic acids is 1. The third-order valence-corrected chi connectivity index (χ3v) is 4.26. The van der Waals surface area contributed by atoms with E-state index in [2.05, 4.69) is 21.2 Å². The van der Waals surface area contributed by atoms with E-state index < -0.39 is 17.5 Å². The molecule has 0 aliphatic carbocycles. The van der Waals surface area contributed by atoms with Gasteiger partial charge in [0.25, 0.3) is 0 Å². The van der Waals surface area contributed by atoms with Crippen LogP contribution in [0.3, 0.4) is 0 Å². The predicted molar refractivity (Wildman–Crippen MR) is 76.6 cm³/mol. The topological polar surface area (TPSA) is 32.3 Å². The fourth-order valence-electron chi connectivity index (χ4n) is 2.58. The van der Waals surface area contributed by atoms with Gasteiger partial charge >= 0.3 is 6.18 Å². The number of halogens is 4. The molecule has 1 aromatic rings. The smallest absolute Gasteiger partial charge is 0.341 e. The minimum atomic E-state index is -4.54. The molecule has 1 saturated heterocycles. The van der Waals surface area contributed by atoms with Crippen molar-refractivity contribution < 1.29 is 18.0 Å². The van der Waals surface area contributed by atoms with Gasteiger partial charge in [0, 0.05) is 24.6 Å².